The smallest absolute Gasteiger partial charge is 0.253 e. The molecule has 1 amide bonds. The van der Waals surface area contributed by atoms with Gasteiger partial charge in [0.15, 0.2) is 0 Å². The van der Waals surface area contributed by atoms with Crippen molar-refractivity contribution in [3.05, 3.63) is 53.5 Å². The first kappa shape index (κ1) is 16.5. The number of carbonyl (C=O) groups is 1. The monoisotopic (exact) mass is 352 g/mol. The van der Waals surface area contributed by atoms with Crippen molar-refractivity contribution in [1.29, 1.82) is 0 Å². The van der Waals surface area contributed by atoms with Gasteiger partial charge in [0, 0.05) is 31.5 Å². The van der Waals surface area contributed by atoms with Crippen LogP contribution in [-0.4, -0.2) is 54.1 Å². The molecule has 0 saturated carbocycles. The minimum atomic E-state index is -0.304. The van der Waals surface area contributed by atoms with Crippen LogP contribution in [0.2, 0.25) is 0 Å². The van der Waals surface area contributed by atoms with Gasteiger partial charge < -0.3 is 19.7 Å². The molecular weight excluding hydrogens is 332 g/mol. The maximum Gasteiger partial charge on any atom is 0.253 e. The quantitative estimate of drug-likeness (QED) is 0.909. The predicted molar refractivity (Wildman–Crippen MR) is 96.8 cm³/mol. The molecule has 2 aliphatic heterocycles. The maximum atomic E-state index is 13.0. The first-order valence-electron chi connectivity index (χ1n) is 8.58. The molecule has 1 aromatic carbocycles. The van der Waals surface area contributed by atoms with E-state index in [4.69, 9.17) is 9.47 Å². The van der Waals surface area contributed by atoms with Gasteiger partial charge in [-0.05, 0) is 12.1 Å². The van der Waals surface area contributed by atoms with Crippen LogP contribution >= 0.6 is 0 Å². The van der Waals surface area contributed by atoms with Crippen molar-refractivity contribution in [3.63, 3.8) is 0 Å². The van der Waals surface area contributed by atoms with Crippen molar-refractivity contribution in [2.75, 3.05) is 38.7 Å². The number of carbonyl (C=O) groups excluding carboxylic acids is 1. The third-order valence-corrected chi connectivity index (χ3v) is 4.53. The zero-order valence-corrected chi connectivity index (χ0v) is 14.5. The van der Waals surface area contributed by atoms with Crippen molar-refractivity contribution in [3.8, 4) is 5.75 Å². The molecule has 7 heteroatoms. The Balaban J connectivity index is 1.53. The van der Waals surface area contributed by atoms with Crippen LogP contribution in [0.25, 0.3) is 6.08 Å². The van der Waals surface area contributed by atoms with Crippen molar-refractivity contribution >= 4 is 17.8 Å². The van der Waals surface area contributed by atoms with Gasteiger partial charge in [-0.15, -0.1) is 0 Å². The van der Waals surface area contributed by atoms with Crippen molar-refractivity contribution in [2.45, 2.75) is 6.10 Å². The third-order valence-electron chi connectivity index (χ3n) is 4.53. The average Bonchev–Trinajstić information content (AvgIpc) is 2.73. The molecule has 134 valence electrons. The first-order valence-corrected chi connectivity index (χ1v) is 8.58. The summed E-state index contributed by atoms with van der Waals surface area (Å²) in [7, 11) is 1.79. The van der Waals surface area contributed by atoms with Gasteiger partial charge in [-0.25, -0.2) is 4.98 Å². The van der Waals surface area contributed by atoms with Gasteiger partial charge in [0.1, 0.15) is 30.0 Å². The Labute approximate surface area is 151 Å². The van der Waals surface area contributed by atoms with Crippen LogP contribution in [0, 0.1) is 0 Å². The summed E-state index contributed by atoms with van der Waals surface area (Å²) in [5.74, 6) is 1.45. The van der Waals surface area contributed by atoms with Crippen LogP contribution in [-0.2, 0) is 9.53 Å². The average molecular weight is 352 g/mol. The number of benzene rings is 1. The minimum absolute atomic E-state index is 0.0253. The third kappa shape index (κ3) is 3.13. The minimum Gasteiger partial charge on any atom is -0.488 e. The number of aromatic nitrogens is 2. The summed E-state index contributed by atoms with van der Waals surface area (Å²) in [5.41, 5.74) is 2.29. The van der Waals surface area contributed by atoms with E-state index in [0.29, 0.717) is 36.8 Å². The number of hydrogen-bond acceptors (Lipinski definition) is 6. The SMILES string of the molecule is CNc1nccnc1C1CN(C(=O)C2=Cc3ccccc3OC2)CCO1. The molecule has 26 heavy (non-hydrogen) atoms. The number of anilines is 1. The molecule has 3 heterocycles. The van der Waals surface area contributed by atoms with E-state index >= 15 is 0 Å². The highest BCUT2D eigenvalue weighted by Crippen LogP contribution is 2.29. The van der Waals surface area contributed by atoms with E-state index in [-0.39, 0.29) is 18.6 Å². The van der Waals surface area contributed by atoms with E-state index in [0.717, 1.165) is 11.3 Å². The highest BCUT2D eigenvalue weighted by molar-refractivity contribution is 5.99. The summed E-state index contributed by atoms with van der Waals surface area (Å²) in [4.78, 5) is 23.4. The Morgan fingerprint density at radius 2 is 2.12 bits per heavy atom. The van der Waals surface area contributed by atoms with Crippen molar-refractivity contribution in [1.82, 2.24) is 14.9 Å². The van der Waals surface area contributed by atoms with Gasteiger partial charge in [0.2, 0.25) is 0 Å². The standard InChI is InChI=1S/C19H20N4O3/c1-20-18-17(21-6-7-22-18)16-11-23(8-9-25-16)19(24)14-10-13-4-2-3-5-15(13)26-12-14/h2-7,10,16H,8-9,11-12H2,1H3,(H,20,22). The lowest BCUT2D eigenvalue weighted by Gasteiger charge is -2.34. The fourth-order valence-corrected chi connectivity index (χ4v) is 3.22. The number of amides is 1. The largest absolute Gasteiger partial charge is 0.488 e. The first-order chi connectivity index (χ1) is 12.8. The zero-order chi connectivity index (χ0) is 17.9. The lowest BCUT2D eigenvalue weighted by Crippen LogP contribution is -2.44. The molecule has 4 rings (SSSR count). The number of ether oxygens (including phenoxy) is 2. The second-order valence-corrected chi connectivity index (χ2v) is 6.15. The van der Waals surface area contributed by atoms with Gasteiger partial charge in [-0.1, -0.05) is 18.2 Å². The Kier molecular flexibility index (Phi) is 4.53. The number of para-hydroxylation sites is 1. The van der Waals surface area contributed by atoms with Gasteiger partial charge in [0.25, 0.3) is 5.91 Å². The molecule has 0 spiro atoms. The molecule has 0 radical (unpaired) electrons. The maximum absolute atomic E-state index is 13.0. The van der Waals surface area contributed by atoms with Crippen LogP contribution < -0.4 is 10.1 Å². The molecule has 1 saturated heterocycles. The molecule has 2 aromatic rings. The second-order valence-electron chi connectivity index (χ2n) is 6.15. The lowest BCUT2D eigenvalue weighted by atomic mass is 10.1. The van der Waals surface area contributed by atoms with Crippen LogP contribution in [0.3, 0.4) is 0 Å². The molecule has 1 N–H and O–H groups in total. The molecule has 1 aromatic heterocycles. The second kappa shape index (κ2) is 7.13. The zero-order valence-electron chi connectivity index (χ0n) is 14.5. The molecule has 1 fully saturated rings. The summed E-state index contributed by atoms with van der Waals surface area (Å²) < 4.78 is 11.6. The van der Waals surface area contributed by atoms with E-state index in [2.05, 4.69) is 15.3 Å². The Morgan fingerprint density at radius 3 is 3.00 bits per heavy atom. The normalized spacial score (nSPS) is 19.2. The Bertz CT molecular complexity index is 852. The Morgan fingerprint density at radius 1 is 1.27 bits per heavy atom. The molecular formula is C19H20N4O3. The number of fused-ring (bicyclic) bond motifs is 1. The summed E-state index contributed by atoms with van der Waals surface area (Å²) in [6.45, 7) is 1.72. The van der Waals surface area contributed by atoms with Crippen LogP contribution in [0.1, 0.15) is 17.4 Å². The number of morpholine rings is 1. The van der Waals surface area contributed by atoms with Crippen LogP contribution in [0.15, 0.2) is 42.2 Å². The van der Waals surface area contributed by atoms with Crippen molar-refractivity contribution < 1.29 is 14.3 Å². The fourth-order valence-electron chi connectivity index (χ4n) is 3.22. The fraction of sp³-hybridized carbons (Fsp3) is 0.316. The number of hydrogen-bond donors (Lipinski definition) is 1. The van der Waals surface area contributed by atoms with Gasteiger partial charge in [-0.2, -0.15) is 0 Å². The van der Waals surface area contributed by atoms with E-state index < -0.39 is 0 Å². The van der Waals surface area contributed by atoms with Crippen LogP contribution in [0.4, 0.5) is 5.82 Å². The number of rotatable bonds is 3. The van der Waals surface area contributed by atoms with Gasteiger partial charge in [0.05, 0.1) is 18.7 Å². The Hall–Kier alpha value is -2.93. The molecule has 0 aliphatic carbocycles. The molecule has 0 bridgehead atoms. The molecule has 1 unspecified atom stereocenters. The highest BCUT2D eigenvalue weighted by atomic mass is 16.5. The van der Waals surface area contributed by atoms with E-state index in [9.17, 15) is 4.79 Å². The molecule has 7 nitrogen and oxygen atoms in total. The van der Waals surface area contributed by atoms with Gasteiger partial charge in [-0.3, -0.25) is 9.78 Å². The topological polar surface area (TPSA) is 76.6 Å². The van der Waals surface area contributed by atoms with E-state index in [1.165, 1.54) is 0 Å². The number of nitrogens with one attached hydrogen (secondary N) is 1. The van der Waals surface area contributed by atoms with Gasteiger partial charge >= 0.3 is 0 Å². The van der Waals surface area contributed by atoms with Crippen molar-refractivity contribution in [2.24, 2.45) is 0 Å². The summed E-state index contributed by atoms with van der Waals surface area (Å²) in [6, 6.07) is 7.71. The highest BCUT2D eigenvalue weighted by Gasteiger charge is 2.30. The summed E-state index contributed by atoms with van der Waals surface area (Å²) >= 11 is 0. The summed E-state index contributed by atoms with van der Waals surface area (Å²) in [6.07, 6.45) is 4.87. The van der Waals surface area contributed by atoms with Crippen LogP contribution in [0.5, 0.6) is 5.75 Å². The summed E-state index contributed by atoms with van der Waals surface area (Å²) in [5, 5.41) is 3.02. The number of nitrogens with zero attached hydrogens (tertiary/aromatic N) is 3. The lowest BCUT2D eigenvalue weighted by molar-refractivity contribution is -0.135. The van der Waals surface area contributed by atoms with E-state index in [1.54, 1.807) is 24.3 Å². The molecule has 2 aliphatic rings. The van der Waals surface area contributed by atoms with E-state index in [1.807, 2.05) is 30.3 Å². The molecule has 1 atom stereocenters. The predicted octanol–water partition coefficient (Wildman–Crippen LogP) is 1.89.